The number of ether oxygens (including phenoxy) is 2. The molecule has 1 fully saturated rings. The van der Waals surface area contributed by atoms with Crippen molar-refractivity contribution in [3.05, 3.63) is 23.9 Å². The molecular formula is C18H27N7O3. The zero-order chi connectivity index (χ0) is 20.1. The summed E-state index contributed by atoms with van der Waals surface area (Å²) in [6.45, 7) is 6.07. The minimum atomic E-state index is 0.0351. The second-order valence-corrected chi connectivity index (χ2v) is 6.79. The van der Waals surface area contributed by atoms with Gasteiger partial charge in [0.1, 0.15) is 18.2 Å². The average Bonchev–Trinajstić information content (AvgIpc) is 2.68. The molecule has 28 heavy (non-hydrogen) atoms. The predicted octanol–water partition coefficient (Wildman–Crippen LogP) is 0.455. The SMILES string of the molecule is COCc1nc(OC)nc(N2C[C@@H](C)N(c3ccnc(CCO)n3)[C@@H](C)C2)n1. The van der Waals surface area contributed by atoms with E-state index in [2.05, 4.69) is 48.6 Å². The number of aliphatic hydroxyl groups is 1. The van der Waals surface area contributed by atoms with Crippen LogP contribution >= 0.6 is 0 Å². The van der Waals surface area contributed by atoms with E-state index in [1.165, 1.54) is 7.11 Å². The van der Waals surface area contributed by atoms with Crippen molar-refractivity contribution >= 4 is 11.8 Å². The fourth-order valence-corrected chi connectivity index (χ4v) is 3.50. The van der Waals surface area contributed by atoms with Gasteiger partial charge in [0, 0.05) is 44.9 Å². The van der Waals surface area contributed by atoms with Gasteiger partial charge in [-0.1, -0.05) is 0 Å². The molecule has 0 bridgehead atoms. The highest BCUT2D eigenvalue weighted by Gasteiger charge is 2.32. The van der Waals surface area contributed by atoms with Crippen LogP contribution in [-0.4, -0.2) is 76.0 Å². The third kappa shape index (κ3) is 4.45. The van der Waals surface area contributed by atoms with Crippen molar-refractivity contribution in [2.45, 2.75) is 39.0 Å². The highest BCUT2D eigenvalue weighted by molar-refractivity contribution is 5.45. The van der Waals surface area contributed by atoms with Gasteiger partial charge in [0.25, 0.3) is 0 Å². The lowest BCUT2D eigenvalue weighted by Crippen LogP contribution is -2.57. The third-order valence-corrected chi connectivity index (χ3v) is 4.60. The lowest BCUT2D eigenvalue weighted by Gasteiger charge is -2.45. The van der Waals surface area contributed by atoms with E-state index < -0.39 is 0 Å². The minimum Gasteiger partial charge on any atom is -0.467 e. The Morgan fingerprint density at radius 1 is 1.07 bits per heavy atom. The first-order valence-corrected chi connectivity index (χ1v) is 9.29. The van der Waals surface area contributed by atoms with Gasteiger partial charge in [-0.2, -0.15) is 15.0 Å². The Bertz CT molecular complexity index is 780. The van der Waals surface area contributed by atoms with Gasteiger partial charge in [-0.15, -0.1) is 0 Å². The van der Waals surface area contributed by atoms with Gasteiger partial charge in [-0.25, -0.2) is 9.97 Å². The molecular weight excluding hydrogens is 362 g/mol. The Kier molecular flexibility index (Phi) is 6.53. The van der Waals surface area contributed by atoms with Crippen LogP contribution in [0.3, 0.4) is 0 Å². The van der Waals surface area contributed by atoms with Crippen molar-refractivity contribution < 1.29 is 14.6 Å². The molecule has 3 rings (SSSR count). The van der Waals surface area contributed by atoms with Crippen LogP contribution in [0.4, 0.5) is 11.8 Å². The number of piperazine rings is 1. The Balaban J connectivity index is 1.81. The van der Waals surface area contributed by atoms with Crippen LogP contribution in [0.5, 0.6) is 6.01 Å². The van der Waals surface area contributed by atoms with E-state index in [-0.39, 0.29) is 24.7 Å². The molecule has 2 atom stereocenters. The Morgan fingerprint density at radius 3 is 2.46 bits per heavy atom. The number of rotatable bonds is 7. The fourth-order valence-electron chi connectivity index (χ4n) is 3.50. The molecule has 2 aromatic rings. The number of aromatic nitrogens is 5. The van der Waals surface area contributed by atoms with Crippen LogP contribution in [0, 0.1) is 0 Å². The van der Waals surface area contributed by atoms with Gasteiger partial charge >= 0.3 is 6.01 Å². The maximum Gasteiger partial charge on any atom is 0.321 e. The van der Waals surface area contributed by atoms with E-state index in [0.717, 1.165) is 18.9 Å². The maximum atomic E-state index is 9.15. The van der Waals surface area contributed by atoms with Gasteiger partial charge in [0.2, 0.25) is 5.95 Å². The van der Waals surface area contributed by atoms with E-state index in [9.17, 15) is 0 Å². The van der Waals surface area contributed by atoms with Crippen molar-refractivity contribution in [2.24, 2.45) is 0 Å². The second kappa shape index (κ2) is 9.07. The van der Waals surface area contributed by atoms with E-state index >= 15 is 0 Å². The molecule has 0 aliphatic carbocycles. The summed E-state index contributed by atoms with van der Waals surface area (Å²) >= 11 is 0. The second-order valence-electron chi connectivity index (χ2n) is 6.79. The van der Waals surface area contributed by atoms with Crippen LogP contribution in [-0.2, 0) is 17.8 Å². The molecule has 0 unspecified atom stereocenters. The van der Waals surface area contributed by atoms with E-state index in [1.807, 2.05) is 6.07 Å². The van der Waals surface area contributed by atoms with Crippen molar-refractivity contribution in [2.75, 3.05) is 43.7 Å². The van der Waals surface area contributed by atoms with Gasteiger partial charge in [-0.3, -0.25) is 0 Å². The standard InChI is InChI=1S/C18H27N7O3/c1-12-9-24(17-21-15(11-27-3)22-18(23-17)28-4)10-13(2)25(12)16-5-7-19-14(20-16)6-8-26/h5,7,12-13,26H,6,8-11H2,1-4H3/t12-,13+. The summed E-state index contributed by atoms with van der Waals surface area (Å²) in [5, 5.41) is 9.15. The molecule has 1 aliphatic heterocycles. The average molecular weight is 389 g/mol. The van der Waals surface area contributed by atoms with Crippen molar-refractivity contribution in [3.63, 3.8) is 0 Å². The number of hydrogen-bond acceptors (Lipinski definition) is 10. The topological polar surface area (TPSA) is 110 Å². The first-order chi connectivity index (χ1) is 13.5. The minimum absolute atomic E-state index is 0.0351. The number of aliphatic hydroxyl groups excluding tert-OH is 1. The number of nitrogens with zero attached hydrogens (tertiary/aromatic N) is 7. The summed E-state index contributed by atoms with van der Waals surface area (Å²) in [5.41, 5.74) is 0. The van der Waals surface area contributed by atoms with Gasteiger partial charge in [0.15, 0.2) is 5.82 Å². The van der Waals surface area contributed by atoms with E-state index in [4.69, 9.17) is 14.6 Å². The smallest absolute Gasteiger partial charge is 0.321 e. The van der Waals surface area contributed by atoms with Crippen LogP contribution in [0.2, 0.25) is 0 Å². The molecule has 3 heterocycles. The first-order valence-electron chi connectivity index (χ1n) is 9.29. The quantitative estimate of drug-likeness (QED) is 0.717. The normalized spacial score (nSPS) is 19.8. The summed E-state index contributed by atoms with van der Waals surface area (Å²) in [5.74, 6) is 2.64. The molecule has 10 heteroatoms. The number of anilines is 2. The van der Waals surface area contributed by atoms with Crippen LogP contribution in [0.15, 0.2) is 12.3 Å². The lowest BCUT2D eigenvalue weighted by atomic mass is 10.1. The highest BCUT2D eigenvalue weighted by atomic mass is 16.5. The molecule has 152 valence electrons. The molecule has 0 aromatic carbocycles. The predicted molar refractivity (Wildman–Crippen MR) is 104 cm³/mol. The summed E-state index contributed by atoms with van der Waals surface area (Å²) < 4.78 is 10.4. The number of methoxy groups -OCH3 is 2. The zero-order valence-electron chi connectivity index (χ0n) is 16.7. The van der Waals surface area contributed by atoms with E-state index in [1.54, 1.807) is 13.3 Å². The first kappa shape index (κ1) is 20.2. The molecule has 1 saturated heterocycles. The van der Waals surface area contributed by atoms with E-state index in [0.29, 0.717) is 30.6 Å². The summed E-state index contributed by atoms with van der Waals surface area (Å²) in [6.07, 6.45) is 2.19. The van der Waals surface area contributed by atoms with Crippen molar-refractivity contribution in [1.82, 2.24) is 24.9 Å². The number of hydrogen-bond donors (Lipinski definition) is 1. The Morgan fingerprint density at radius 2 is 1.82 bits per heavy atom. The van der Waals surface area contributed by atoms with Crippen molar-refractivity contribution in [3.8, 4) is 6.01 Å². The zero-order valence-corrected chi connectivity index (χ0v) is 16.7. The molecule has 1 N–H and O–H groups in total. The Hall–Kier alpha value is -2.59. The monoisotopic (exact) mass is 389 g/mol. The third-order valence-electron chi connectivity index (χ3n) is 4.60. The molecule has 10 nitrogen and oxygen atoms in total. The molecule has 1 aliphatic rings. The van der Waals surface area contributed by atoms with Gasteiger partial charge in [-0.05, 0) is 19.9 Å². The lowest BCUT2D eigenvalue weighted by molar-refractivity contribution is 0.176. The molecule has 0 amide bonds. The van der Waals surface area contributed by atoms with Gasteiger partial charge in [0.05, 0.1) is 13.7 Å². The molecule has 0 spiro atoms. The Labute approximate surface area is 164 Å². The summed E-state index contributed by atoms with van der Waals surface area (Å²) in [7, 11) is 3.14. The summed E-state index contributed by atoms with van der Waals surface area (Å²) in [4.78, 5) is 26.4. The molecule has 2 aromatic heterocycles. The largest absolute Gasteiger partial charge is 0.467 e. The molecule has 0 radical (unpaired) electrons. The van der Waals surface area contributed by atoms with Crippen LogP contribution in [0.25, 0.3) is 0 Å². The van der Waals surface area contributed by atoms with Gasteiger partial charge < -0.3 is 24.4 Å². The van der Waals surface area contributed by atoms with Crippen LogP contribution < -0.4 is 14.5 Å². The molecule has 0 saturated carbocycles. The highest BCUT2D eigenvalue weighted by Crippen LogP contribution is 2.25. The van der Waals surface area contributed by atoms with Crippen molar-refractivity contribution in [1.29, 1.82) is 0 Å². The maximum absolute atomic E-state index is 9.15. The fraction of sp³-hybridized carbons (Fsp3) is 0.611. The van der Waals surface area contributed by atoms with Crippen LogP contribution in [0.1, 0.15) is 25.5 Å². The summed E-state index contributed by atoms with van der Waals surface area (Å²) in [6, 6.07) is 2.54.